The van der Waals surface area contributed by atoms with Gasteiger partial charge in [-0.25, -0.2) is 0 Å². The van der Waals surface area contributed by atoms with Crippen LogP contribution in [0.4, 0.5) is 0 Å². The van der Waals surface area contributed by atoms with E-state index < -0.39 is 6.04 Å². The van der Waals surface area contributed by atoms with Crippen molar-refractivity contribution in [2.24, 2.45) is 0 Å². The van der Waals surface area contributed by atoms with Crippen LogP contribution >= 0.6 is 0 Å². The second kappa shape index (κ2) is 11.4. The molecule has 0 aliphatic rings. The third-order valence-corrected chi connectivity index (χ3v) is 5.06. The van der Waals surface area contributed by atoms with Gasteiger partial charge in [0.1, 0.15) is 6.04 Å². The van der Waals surface area contributed by atoms with Gasteiger partial charge in [0.2, 0.25) is 11.8 Å². The number of nitrogens with one attached hydrogen (secondary N) is 1. The molecule has 0 radical (unpaired) electrons. The first-order chi connectivity index (χ1) is 13.9. The van der Waals surface area contributed by atoms with Crippen LogP contribution in [0.25, 0.3) is 0 Å². The van der Waals surface area contributed by atoms with Gasteiger partial charge in [-0.3, -0.25) is 9.59 Å². The molecule has 1 N–H and O–H groups in total. The fraction of sp³-hybridized carbons (Fsp3) is 0.440. The molecule has 2 amide bonds. The van der Waals surface area contributed by atoms with E-state index in [0.29, 0.717) is 25.9 Å². The highest BCUT2D eigenvalue weighted by molar-refractivity contribution is 5.88. The maximum absolute atomic E-state index is 13.3. The van der Waals surface area contributed by atoms with E-state index >= 15 is 0 Å². The van der Waals surface area contributed by atoms with Crippen LogP contribution in [0.15, 0.2) is 48.5 Å². The van der Waals surface area contributed by atoms with Crippen molar-refractivity contribution in [2.45, 2.75) is 59.4 Å². The lowest BCUT2D eigenvalue weighted by Gasteiger charge is -2.31. The van der Waals surface area contributed by atoms with Crippen molar-refractivity contribution in [2.75, 3.05) is 13.1 Å². The summed E-state index contributed by atoms with van der Waals surface area (Å²) in [7, 11) is 0. The molecule has 0 aliphatic carbocycles. The third kappa shape index (κ3) is 7.04. The number of rotatable bonds is 10. The van der Waals surface area contributed by atoms with E-state index in [1.807, 2.05) is 45.9 Å². The lowest BCUT2D eigenvalue weighted by molar-refractivity contribution is -0.140. The number of carbonyl (C=O) groups is 2. The van der Waals surface area contributed by atoms with E-state index in [9.17, 15) is 9.59 Å². The predicted molar refractivity (Wildman–Crippen MR) is 119 cm³/mol. The standard InChI is InChI=1S/C25H34N2O2/c1-5-13-26-25(29)23(6-2)27(14-12-21-10-8-7-9-11-21)24(28)18-22-16-19(3)15-20(4)17-22/h7-11,15-17,23H,5-6,12-14,18H2,1-4H3,(H,26,29)/t23-/m1/s1. The molecule has 156 valence electrons. The Kier molecular flexibility index (Phi) is 8.91. The Hall–Kier alpha value is -2.62. The van der Waals surface area contributed by atoms with Gasteiger partial charge in [-0.1, -0.05) is 73.5 Å². The molecule has 1 atom stereocenters. The monoisotopic (exact) mass is 394 g/mol. The molecule has 0 saturated heterocycles. The number of nitrogens with zero attached hydrogens (tertiary/aromatic N) is 1. The minimum atomic E-state index is -0.441. The van der Waals surface area contributed by atoms with Gasteiger partial charge < -0.3 is 10.2 Å². The molecule has 0 spiro atoms. The molecule has 0 unspecified atom stereocenters. The summed E-state index contributed by atoms with van der Waals surface area (Å²) in [5.41, 5.74) is 4.47. The fourth-order valence-electron chi connectivity index (χ4n) is 3.71. The summed E-state index contributed by atoms with van der Waals surface area (Å²) in [6.07, 6.45) is 2.53. The van der Waals surface area contributed by atoms with Crippen molar-refractivity contribution in [3.63, 3.8) is 0 Å². The van der Waals surface area contributed by atoms with E-state index in [2.05, 4.69) is 35.6 Å². The number of amides is 2. The number of hydrogen-bond acceptors (Lipinski definition) is 2. The van der Waals surface area contributed by atoms with Crippen molar-refractivity contribution in [3.8, 4) is 0 Å². The summed E-state index contributed by atoms with van der Waals surface area (Å²) < 4.78 is 0. The number of hydrogen-bond donors (Lipinski definition) is 1. The van der Waals surface area contributed by atoms with Crippen LogP contribution in [0.1, 0.15) is 48.9 Å². The number of carbonyl (C=O) groups excluding carboxylic acids is 2. The topological polar surface area (TPSA) is 49.4 Å². The minimum Gasteiger partial charge on any atom is -0.354 e. The van der Waals surface area contributed by atoms with Gasteiger partial charge in [0.05, 0.1) is 6.42 Å². The number of aryl methyl sites for hydroxylation is 2. The second-order valence-corrected chi connectivity index (χ2v) is 7.71. The maximum Gasteiger partial charge on any atom is 0.242 e. The van der Waals surface area contributed by atoms with Gasteiger partial charge in [0.15, 0.2) is 0 Å². The average molecular weight is 395 g/mol. The first-order valence-corrected chi connectivity index (χ1v) is 10.6. The molecular weight excluding hydrogens is 360 g/mol. The molecule has 0 saturated carbocycles. The Bertz CT molecular complexity index is 781. The first kappa shape index (κ1) is 22.7. The van der Waals surface area contributed by atoms with Crippen LogP contribution in [0.5, 0.6) is 0 Å². The molecule has 4 nitrogen and oxygen atoms in total. The molecule has 2 aromatic rings. The predicted octanol–water partition coefficient (Wildman–Crippen LogP) is 4.22. The van der Waals surface area contributed by atoms with Gasteiger partial charge in [-0.05, 0) is 44.2 Å². The Morgan fingerprint density at radius 2 is 1.62 bits per heavy atom. The van der Waals surface area contributed by atoms with Crippen LogP contribution in [0.2, 0.25) is 0 Å². The summed E-state index contributed by atoms with van der Waals surface area (Å²) in [6.45, 7) is 9.25. The van der Waals surface area contributed by atoms with E-state index in [1.54, 1.807) is 4.90 Å². The molecule has 0 bridgehead atoms. The Morgan fingerprint density at radius 1 is 0.966 bits per heavy atom. The molecule has 4 heteroatoms. The number of benzene rings is 2. The fourth-order valence-corrected chi connectivity index (χ4v) is 3.71. The summed E-state index contributed by atoms with van der Waals surface area (Å²) in [5.74, 6) is -0.0550. The van der Waals surface area contributed by atoms with Crippen LogP contribution in [-0.2, 0) is 22.4 Å². The molecule has 0 heterocycles. The molecule has 0 aliphatic heterocycles. The summed E-state index contributed by atoms with van der Waals surface area (Å²) >= 11 is 0. The van der Waals surface area contributed by atoms with E-state index in [0.717, 1.165) is 29.5 Å². The average Bonchev–Trinajstić information content (AvgIpc) is 2.69. The zero-order valence-corrected chi connectivity index (χ0v) is 18.2. The maximum atomic E-state index is 13.3. The largest absolute Gasteiger partial charge is 0.354 e. The van der Waals surface area contributed by atoms with Crippen LogP contribution in [-0.4, -0.2) is 35.8 Å². The van der Waals surface area contributed by atoms with Crippen LogP contribution < -0.4 is 5.32 Å². The summed E-state index contributed by atoms with van der Waals surface area (Å²) in [5, 5.41) is 2.97. The van der Waals surface area contributed by atoms with Crippen molar-refractivity contribution < 1.29 is 9.59 Å². The molecule has 2 aromatic carbocycles. The molecule has 0 fully saturated rings. The normalized spacial score (nSPS) is 11.7. The highest BCUT2D eigenvalue weighted by atomic mass is 16.2. The Morgan fingerprint density at radius 3 is 2.21 bits per heavy atom. The first-order valence-electron chi connectivity index (χ1n) is 10.6. The van der Waals surface area contributed by atoms with E-state index in [4.69, 9.17) is 0 Å². The van der Waals surface area contributed by atoms with Gasteiger partial charge in [-0.15, -0.1) is 0 Å². The summed E-state index contributed by atoms with van der Waals surface area (Å²) in [4.78, 5) is 27.8. The molecular formula is C25H34N2O2. The van der Waals surface area contributed by atoms with Gasteiger partial charge >= 0.3 is 0 Å². The quantitative estimate of drug-likeness (QED) is 0.656. The SMILES string of the molecule is CCCNC(=O)[C@@H](CC)N(CCc1ccccc1)C(=O)Cc1cc(C)cc(C)c1. The van der Waals surface area contributed by atoms with Crippen molar-refractivity contribution >= 4 is 11.8 Å². The highest BCUT2D eigenvalue weighted by Crippen LogP contribution is 2.14. The minimum absolute atomic E-state index is 0.00410. The van der Waals surface area contributed by atoms with Crippen LogP contribution in [0.3, 0.4) is 0 Å². The molecule has 29 heavy (non-hydrogen) atoms. The Labute approximate surface area is 175 Å². The van der Waals surface area contributed by atoms with E-state index in [1.165, 1.54) is 5.56 Å². The van der Waals surface area contributed by atoms with Crippen molar-refractivity contribution in [3.05, 3.63) is 70.8 Å². The van der Waals surface area contributed by atoms with Crippen molar-refractivity contribution in [1.29, 1.82) is 0 Å². The third-order valence-electron chi connectivity index (χ3n) is 5.06. The van der Waals surface area contributed by atoms with Crippen LogP contribution in [0, 0.1) is 13.8 Å². The zero-order valence-electron chi connectivity index (χ0n) is 18.2. The van der Waals surface area contributed by atoms with Gasteiger partial charge in [0, 0.05) is 13.1 Å². The van der Waals surface area contributed by atoms with Gasteiger partial charge in [0.25, 0.3) is 0 Å². The van der Waals surface area contributed by atoms with Crippen molar-refractivity contribution in [1.82, 2.24) is 10.2 Å². The van der Waals surface area contributed by atoms with E-state index in [-0.39, 0.29) is 11.8 Å². The lowest BCUT2D eigenvalue weighted by atomic mass is 10.0. The lowest BCUT2D eigenvalue weighted by Crippen LogP contribution is -2.50. The Balaban J connectivity index is 2.21. The molecule has 0 aromatic heterocycles. The molecule has 2 rings (SSSR count). The second-order valence-electron chi connectivity index (χ2n) is 7.71. The zero-order chi connectivity index (χ0) is 21.2. The van der Waals surface area contributed by atoms with Gasteiger partial charge in [-0.2, -0.15) is 0 Å². The smallest absolute Gasteiger partial charge is 0.242 e. The highest BCUT2D eigenvalue weighted by Gasteiger charge is 2.28. The summed E-state index contributed by atoms with van der Waals surface area (Å²) in [6, 6.07) is 15.9.